The van der Waals surface area contributed by atoms with Crippen LogP contribution in [0.2, 0.25) is 0 Å². The van der Waals surface area contributed by atoms with Crippen molar-refractivity contribution in [1.82, 2.24) is 0 Å². The molecule has 116 valence electrons. The minimum absolute atomic E-state index is 0.225. The lowest BCUT2D eigenvalue weighted by molar-refractivity contribution is 0.00400. The molecule has 2 nitrogen and oxygen atoms in total. The van der Waals surface area contributed by atoms with Gasteiger partial charge in [-0.1, -0.05) is 58.3 Å². The van der Waals surface area contributed by atoms with Gasteiger partial charge in [0.05, 0.1) is 6.10 Å². The number of rotatable bonds is 14. The van der Waals surface area contributed by atoms with E-state index in [9.17, 15) is 13.9 Å². The Morgan fingerprint density at radius 1 is 0.895 bits per heavy atom. The van der Waals surface area contributed by atoms with E-state index < -0.39 is 19.1 Å². The Morgan fingerprint density at radius 2 is 1.47 bits per heavy atom. The lowest BCUT2D eigenvalue weighted by Crippen LogP contribution is -2.13. The van der Waals surface area contributed by atoms with Crippen LogP contribution in [0.25, 0.3) is 0 Å². The molecule has 0 bridgehead atoms. The molecule has 0 saturated heterocycles. The van der Waals surface area contributed by atoms with Gasteiger partial charge in [0.1, 0.15) is 6.61 Å². The molecule has 0 fully saturated rings. The molecule has 0 rings (SSSR count). The van der Waals surface area contributed by atoms with Gasteiger partial charge < -0.3 is 9.84 Å². The standard InChI is InChI=1S/C15H30F2O2/c1-2-3-4-5-6-7-8-9-10-14(18)11-12-19-13-15(16)17/h14-15,18H,2-13H2,1H3. The van der Waals surface area contributed by atoms with E-state index in [1.807, 2.05) is 0 Å². The minimum atomic E-state index is -2.41. The summed E-state index contributed by atoms with van der Waals surface area (Å²) in [4.78, 5) is 0. The maximum atomic E-state index is 11.8. The van der Waals surface area contributed by atoms with Crippen LogP contribution >= 0.6 is 0 Å². The Hall–Kier alpha value is -0.220. The van der Waals surface area contributed by atoms with E-state index in [2.05, 4.69) is 6.92 Å². The quantitative estimate of drug-likeness (QED) is 0.473. The largest absolute Gasteiger partial charge is 0.393 e. The predicted molar refractivity (Wildman–Crippen MR) is 74.7 cm³/mol. The summed E-state index contributed by atoms with van der Waals surface area (Å²) in [5.74, 6) is 0. The molecule has 0 aliphatic heterocycles. The van der Waals surface area contributed by atoms with E-state index in [0.29, 0.717) is 6.42 Å². The van der Waals surface area contributed by atoms with Crippen molar-refractivity contribution in [3.05, 3.63) is 0 Å². The number of aliphatic hydroxyl groups is 1. The van der Waals surface area contributed by atoms with Gasteiger partial charge in [-0.25, -0.2) is 8.78 Å². The van der Waals surface area contributed by atoms with E-state index in [-0.39, 0.29) is 6.61 Å². The summed E-state index contributed by atoms with van der Waals surface area (Å²) in [6, 6.07) is 0. The SMILES string of the molecule is CCCCCCCCCCC(O)CCOCC(F)F. The Balaban J connectivity index is 3.13. The summed E-state index contributed by atoms with van der Waals surface area (Å²) >= 11 is 0. The topological polar surface area (TPSA) is 29.5 Å². The van der Waals surface area contributed by atoms with Crippen LogP contribution < -0.4 is 0 Å². The van der Waals surface area contributed by atoms with Crippen LogP contribution in [-0.2, 0) is 4.74 Å². The van der Waals surface area contributed by atoms with Gasteiger partial charge in [0, 0.05) is 6.61 Å². The van der Waals surface area contributed by atoms with Gasteiger partial charge in [-0.05, 0) is 12.8 Å². The Labute approximate surface area is 116 Å². The molecule has 0 amide bonds. The summed E-state index contributed by atoms with van der Waals surface area (Å²) in [6.45, 7) is 1.92. The van der Waals surface area contributed by atoms with Crippen molar-refractivity contribution < 1.29 is 18.6 Å². The molecule has 19 heavy (non-hydrogen) atoms. The highest BCUT2D eigenvalue weighted by atomic mass is 19.3. The van der Waals surface area contributed by atoms with E-state index in [1.165, 1.54) is 38.5 Å². The molecule has 1 atom stereocenters. The second-order valence-corrected chi connectivity index (χ2v) is 5.17. The van der Waals surface area contributed by atoms with Gasteiger partial charge in [0.2, 0.25) is 0 Å². The van der Waals surface area contributed by atoms with Crippen LogP contribution in [0.1, 0.15) is 71.1 Å². The van der Waals surface area contributed by atoms with Crippen molar-refractivity contribution in [2.24, 2.45) is 0 Å². The van der Waals surface area contributed by atoms with Crippen LogP contribution in [0.15, 0.2) is 0 Å². The first-order chi connectivity index (χ1) is 9.16. The molecule has 0 aromatic heterocycles. The molecular formula is C15H30F2O2. The Morgan fingerprint density at radius 3 is 2.05 bits per heavy atom. The second kappa shape index (κ2) is 14.2. The van der Waals surface area contributed by atoms with Crippen molar-refractivity contribution in [3.8, 4) is 0 Å². The van der Waals surface area contributed by atoms with Crippen molar-refractivity contribution in [1.29, 1.82) is 0 Å². The number of ether oxygens (including phenoxy) is 1. The first kappa shape index (κ1) is 18.8. The molecule has 0 spiro atoms. The molecule has 1 N–H and O–H groups in total. The number of hydrogen-bond donors (Lipinski definition) is 1. The Kier molecular flexibility index (Phi) is 14.0. The summed E-state index contributed by atoms with van der Waals surface area (Å²) in [6.07, 6.45) is 8.35. The fourth-order valence-corrected chi connectivity index (χ4v) is 2.05. The average molecular weight is 280 g/mol. The van der Waals surface area contributed by atoms with Gasteiger partial charge in [-0.15, -0.1) is 0 Å². The highest BCUT2D eigenvalue weighted by Gasteiger charge is 2.06. The number of halogens is 2. The van der Waals surface area contributed by atoms with Gasteiger partial charge in [0.25, 0.3) is 6.43 Å². The summed E-state index contributed by atoms with van der Waals surface area (Å²) in [7, 11) is 0. The van der Waals surface area contributed by atoms with Crippen LogP contribution in [0, 0.1) is 0 Å². The maximum Gasteiger partial charge on any atom is 0.261 e. The van der Waals surface area contributed by atoms with Gasteiger partial charge >= 0.3 is 0 Å². The average Bonchev–Trinajstić information content (AvgIpc) is 2.37. The lowest BCUT2D eigenvalue weighted by atomic mass is 10.0. The first-order valence-corrected chi connectivity index (χ1v) is 7.70. The molecule has 0 aromatic carbocycles. The molecule has 0 aliphatic rings. The summed E-state index contributed by atoms with van der Waals surface area (Å²) < 4.78 is 28.3. The van der Waals surface area contributed by atoms with E-state index >= 15 is 0 Å². The molecule has 0 saturated carbocycles. The van der Waals surface area contributed by atoms with Gasteiger partial charge in [0.15, 0.2) is 0 Å². The third-order valence-electron chi connectivity index (χ3n) is 3.23. The van der Waals surface area contributed by atoms with Crippen LogP contribution in [-0.4, -0.2) is 30.8 Å². The Bertz CT molecular complexity index is 178. The maximum absolute atomic E-state index is 11.8. The van der Waals surface area contributed by atoms with Crippen LogP contribution in [0.4, 0.5) is 8.78 Å². The fraction of sp³-hybridized carbons (Fsp3) is 1.00. The summed E-state index contributed by atoms with van der Waals surface area (Å²) in [5, 5.41) is 9.62. The minimum Gasteiger partial charge on any atom is -0.393 e. The number of alkyl halides is 2. The molecular weight excluding hydrogens is 250 g/mol. The molecule has 0 radical (unpaired) electrons. The molecule has 0 aliphatic carbocycles. The van der Waals surface area contributed by atoms with Crippen molar-refractivity contribution >= 4 is 0 Å². The number of aliphatic hydroxyl groups excluding tert-OH is 1. The smallest absolute Gasteiger partial charge is 0.261 e. The molecule has 0 aromatic rings. The van der Waals surface area contributed by atoms with Crippen molar-refractivity contribution in [2.45, 2.75) is 83.7 Å². The van der Waals surface area contributed by atoms with Gasteiger partial charge in [-0.3, -0.25) is 0 Å². The van der Waals surface area contributed by atoms with Gasteiger partial charge in [-0.2, -0.15) is 0 Å². The zero-order valence-electron chi connectivity index (χ0n) is 12.3. The highest BCUT2D eigenvalue weighted by Crippen LogP contribution is 2.11. The first-order valence-electron chi connectivity index (χ1n) is 7.70. The second-order valence-electron chi connectivity index (χ2n) is 5.17. The molecule has 1 unspecified atom stereocenters. The third-order valence-corrected chi connectivity index (χ3v) is 3.23. The summed E-state index contributed by atoms with van der Waals surface area (Å²) in [5.41, 5.74) is 0. The number of unbranched alkanes of at least 4 members (excludes halogenated alkanes) is 7. The van der Waals surface area contributed by atoms with E-state index in [0.717, 1.165) is 19.3 Å². The normalized spacial score (nSPS) is 13.1. The monoisotopic (exact) mass is 280 g/mol. The van der Waals surface area contributed by atoms with Crippen LogP contribution in [0.5, 0.6) is 0 Å². The van der Waals surface area contributed by atoms with Crippen LogP contribution in [0.3, 0.4) is 0 Å². The van der Waals surface area contributed by atoms with Crippen molar-refractivity contribution in [3.63, 3.8) is 0 Å². The lowest BCUT2D eigenvalue weighted by Gasteiger charge is -2.10. The third kappa shape index (κ3) is 15.7. The van der Waals surface area contributed by atoms with E-state index in [1.54, 1.807) is 0 Å². The number of hydrogen-bond acceptors (Lipinski definition) is 2. The fourth-order valence-electron chi connectivity index (χ4n) is 2.05. The zero-order valence-corrected chi connectivity index (χ0v) is 12.3. The van der Waals surface area contributed by atoms with E-state index in [4.69, 9.17) is 4.74 Å². The van der Waals surface area contributed by atoms with Crippen molar-refractivity contribution in [2.75, 3.05) is 13.2 Å². The highest BCUT2D eigenvalue weighted by molar-refractivity contribution is 4.56. The predicted octanol–water partition coefficient (Wildman–Crippen LogP) is 4.55. The zero-order chi connectivity index (χ0) is 14.3. The molecule has 4 heteroatoms. The molecule has 0 heterocycles.